The largest absolute Gasteiger partial charge is 0.545 e. The number of rotatable bonds is 4. The summed E-state index contributed by atoms with van der Waals surface area (Å²) < 4.78 is 5.04. The summed E-state index contributed by atoms with van der Waals surface area (Å²) in [5.74, 6) is -0.525. The van der Waals surface area contributed by atoms with Crippen LogP contribution >= 0.6 is 0 Å². The van der Waals surface area contributed by atoms with Gasteiger partial charge in [-0.15, -0.1) is 0 Å². The first-order valence-electron chi connectivity index (χ1n) is 8.39. The average molecular weight is 341 g/mol. The minimum absolute atomic E-state index is 0.0820. The molecule has 1 amide bonds. The van der Waals surface area contributed by atoms with Crippen LogP contribution in [0, 0.1) is 11.8 Å². The third-order valence-electron chi connectivity index (χ3n) is 4.43. The fourth-order valence-electron chi connectivity index (χ4n) is 3.51. The zero-order chi connectivity index (χ0) is 18.0. The summed E-state index contributed by atoms with van der Waals surface area (Å²) in [5, 5.41) is 14.3. The Hall–Kier alpha value is -2.76. The summed E-state index contributed by atoms with van der Waals surface area (Å²) in [7, 11) is 0. The molecule has 0 spiro atoms. The molecule has 3 rings (SSSR count). The number of hydrogen-bond acceptors (Lipinski definition) is 5. The summed E-state index contributed by atoms with van der Waals surface area (Å²) in [4.78, 5) is 25.8. The van der Waals surface area contributed by atoms with Crippen LogP contribution in [0.1, 0.15) is 41.2 Å². The van der Waals surface area contributed by atoms with E-state index in [1.165, 1.54) is 12.3 Å². The van der Waals surface area contributed by atoms with Crippen LogP contribution in [-0.2, 0) is 0 Å². The van der Waals surface area contributed by atoms with Gasteiger partial charge in [0.25, 0.3) is 5.91 Å². The highest BCUT2D eigenvalue weighted by Gasteiger charge is 2.24. The van der Waals surface area contributed by atoms with Crippen molar-refractivity contribution in [1.29, 1.82) is 0 Å². The van der Waals surface area contributed by atoms with Crippen LogP contribution in [-0.4, -0.2) is 25.0 Å². The van der Waals surface area contributed by atoms with E-state index in [1.54, 1.807) is 24.3 Å². The molecule has 0 bridgehead atoms. The molecule has 1 N–H and O–H groups in total. The van der Waals surface area contributed by atoms with Crippen LogP contribution in [0.4, 0.5) is 11.4 Å². The zero-order valence-electron chi connectivity index (χ0n) is 14.3. The maximum atomic E-state index is 12.1. The molecule has 2 atom stereocenters. The van der Waals surface area contributed by atoms with Gasteiger partial charge in [0, 0.05) is 30.0 Å². The number of carboxylic acids is 1. The van der Waals surface area contributed by atoms with E-state index in [9.17, 15) is 14.7 Å². The van der Waals surface area contributed by atoms with E-state index < -0.39 is 11.9 Å². The molecule has 0 radical (unpaired) electrons. The molecule has 1 aromatic heterocycles. The molecule has 1 fully saturated rings. The molecular formula is C19H21N2O4-. The van der Waals surface area contributed by atoms with Crippen molar-refractivity contribution in [1.82, 2.24) is 0 Å². The SMILES string of the molecule is C[C@@H]1C[C@H](C)CN(c2ccc(NC(=O)c3ccco3)cc2C(=O)[O-])C1. The predicted octanol–water partition coefficient (Wildman–Crippen LogP) is 2.38. The number of furan rings is 1. The molecule has 0 saturated carbocycles. The Morgan fingerprint density at radius 3 is 2.52 bits per heavy atom. The monoisotopic (exact) mass is 341 g/mol. The molecule has 25 heavy (non-hydrogen) atoms. The smallest absolute Gasteiger partial charge is 0.291 e. The number of hydrogen-bond donors (Lipinski definition) is 1. The average Bonchev–Trinajstić information content (AvgIpc) is 3.08. The van der Waals surface area contributed by atoms with E-state index in [2.05, 4.69) is 24.1 Å². The Labute approximate surface area is 146 Å². The van der Waals surface area contributed by atoms with Crippen molar-refractivity contribution in [3.63, 3.8) is 0 Å². The molecule has 1 saturated heterocycles. The fourth-order valence-corrected chi connectivity index (χ4v) is 3.51. The number of carbonyl (C=O) groups is 2. The van der Waals surface area contributed by atoms with E-state index in [0.29, 0.717) is 23.2 Å². The number of amides is 1. The van der Waals surface area contributed by atoms with Gasteiger partial charge in [0.05, 0.1) is 12.2 Å². The van der Waals surface area contributed by atoms with Gasteiger partial charge < -0.3 is 24.5 Å². The van der Waals surface area contributed by atoms with Crippen LogP contribution in [0.3, 0.4) is 0 Å². The Bertz CT molecular complexity index is 760. The molecule has 6 nitrogen and oxygen atoms in total. The van der Waals surface area contributed by atoms with Crippen molar-refractivity contribution in [2.75, 3.05) is 23.3 Å². The number of carbonyl (C=O) groups excluding carboxylic acids is 2. The van der Waals surface area contributed by atoms with Gasteiger partial charge in [0.15, 0.2) is 5.76 Å². The Kier molecular flexibility index (Phi) is 4.79. The minimum Gasteiger partial charge on any atom is -0.545 e. The minimum atomic E-state index is -1.25. The molecule has 0 aliphatic carbocycles. The van der Waals surface area contributed by atoms with Crippen LogP contribution in [0.5, 0.6) is 0 Å². The number of anilines is 2. The van der Waals surface area contributed by atoms with Crippen molar-refractivity contribution in [2.24, 2.45) is 11.8 Å². The number of nitrogens with one attached hydrogen (secondary N) is 1. The van der Waals surface area contributed by atoms with Gasteiger partial charge in [-0.3, -0.25) is 4.79 Å². The van der Waals surface area contributed by atoms with Crippen molar-refractivity contribution in [3.8, 4) is 0 Å². The van der Waals surface area contributed by atoms with E-state index in [4.69, 9.17) is 4.42 Å². The molecule has 2 heterocycles. The normalized spacial score (nSPS) is 20.3. The topological polar surface area (TPSA) is 85.6 Å². The number of carboxylic acid groups (broad SMARTS) is 1. The first-order chi connectivity index (χ1) is 11.9. The highest BCUT2D eigenvalue weighted by atomic mass is 16.4. The molecular weight excluding hydrogens is 320 g/mol. The molecule has 2 aromatic rings. The second-order valence-corrected chi connectivity index (χ2v) is 6.80. The van der Waals surface area contributed by atoms with Crippen molar-refractivity contribution < 1.29 is 19.1 Å². The van der Waals surface area contributed by atoms with Gasteiger partial charge in [-0.05, 0) is 48.6 Å². The lowest BCUT2D eigenvalue weighted by atomic mass is 9.91. The van der Waals surface area contributed by atoms with Crippen molar-refractivity contribution >= 4 is 23.3 Å². The van der Waals surface area contributed by atoms with Crippen molar-refractivity contribution in [2.45, 2.75) is 20.3 Å². The third kappa shape index (κ3) is 3.84. The van der Waals surface area contributed by atoms with Crippen LogP contribution < -0.4 is 15.3 Å². The van der Waals surface area contributed by atoms with Crippen LogP contribution in [0.25, 0.3) is 0 Å². The standard InChI is InChI=1S/C19H22N2O4/c1-12-8-13(2)11-21(10-12)16-6-5-14(9-15(16)19(23)24)20-18(22)17-4-3-7-25-17/h3-7,9,12-13H,8,10-11H2,1-2H3,(H,20,22)(H,23,24)/p-1/t12-,13+. The summed E-state index contributed by atoms with van der Waals surface area (Å²) >= 11 is 0. The molecule has 1 aromatic carbocycles. The maximum absolute atomic E-state index is 12.1. The Morgan fingerprint density at radius 2 is 1.92 bits per heavy atom. The number of nitrogens with zero attached hydrogens (tertiary/aromatic N) is 1. The van der Waals surface area contributed by atoms with Crippen LogP contribution in [0.2, 0.25) is 0 Å². The molecule has 0 unspecified atom stereocenters. The lowest BCUT2D eigenvalue weighted by Crippen LogP contribution is -2.40. The Balaban J connectivity index is 1.85. The number of benzene rings is 1. The molecule has 132 valence electrons. The fraction of sp³-hybridized carbons (Fsp3) is 0.368. The summed E-state index contributed by atoms with van der Waals surface area (Å²) in [6.07, 6.45) is 2.54. The first kappa shape index (κ1) is 17.1. The van der Waals surface area contributed by atoms with Gasteiger partial charge in [-0.2, -0.15) is 0 Å². The lowest BCUT2D eigenvalue weighted by Gasteiger charge is -2.37. The highest BCUT2D eigenvalue weighted by molar-refractivity contribution is 6.03. The maximum Gasteiger partial charge on any atom is 0.291 e. The second kappa shape index (κ2) is 7.01. The molecule has 1 aliphatic heterocycles. The van der Waals surface area contributed by atoms with Crippen LogP contribution in [0.15, 0.2) is 41.0 Å². The van der Waals surface area contributed by atoms with E-state index in [-0.39, 0.29) is 11.3 Å². The van der Waals surface area contributed by atoms with E-state index in [1.807, 2.05) is 0 Å². The Morgan fingerprint density at radius 1 is 1.20 bits per heavy atom. The number of aromatic carboxylic acids is 1. The van der Waals surface area contributed by atoms with Crippen molar-refractivity contribution in [3.05, 3.63) is 47.9 Å². The van der Waals surface area contributed by atoms with E-state index >= 15 is 0 Å². The third-order valence-corrected chi connectivity index (χ3v) is 4.43. The molecule has 6 heteroatoms. The lowest BCUT2D eigenvalue weighted by molar-refractivity contribution is -0.254. The summed E-state index contributed by atoms with van der Waals surface area (Å²) in [6, 6.07) is 8.03. The highest BCUT2D eigenvalue weighted by Crippen LogP contribution is 2.30. The van der Waals surface area contributed by atoms with Gasteiger partial charge in [0.2, 0.25) is 0 Å². The van der Waals surface area contributed by atoms with E-state index in [0.717, 1.165) is 19.5 Å². The second-order valence-electron chi connectivity index (χ2n) is 6.80. The molecule has 1 aliphatic rings. The zero-order valence-corrected chi connectivity index (χ0v) is 14.3. The van der Waals surface area contributed by atoms with Gasteiger partial charge in [0.1, 0.15) is 0 Å². The van der Waals surface area contributed by atoms with Gasteiger partial charge in [-0.1, -0.05) is 13.8 Å². The summed E-state index contributed by atoms with van der Waals surface area (Å²) in [6.45, 7) is 5.95. The van der Waals surface area contributed by atoms with Gasteiger partial charge >= 0.3 is 0 Å². The quantitative estimate of drug-likeness (QED) is 0.923. The van der Waals surface area contributed by atoms with Gasteiger partial charge in [-0.25, -0.2) is 0 Å². The first-order valence-corrected chi connectivity index (χ1v) is 8.39. The number of piperidine rings is 1. The predicted molar refractivity (Wildman–Crippen MR) is 92.6 cm³/mol. The summed E-state index contributed by atoms with van der Waals surface area (Å²) in [5.41, 5.74) is 1.11.